The summed E-state index contributed by atoms with van der Waals surface area (Å²) in [6.45, 7) is 4.64. The van der Waals surface area contributed by atoms with E-state index in [1.54, 1.807) is 29.9 Å². The number of rotatable bonds is 4. The highest BCUT2D eigenvalue weighted by molar-refractivity contribution is 7.90. The zero-order valence-electron chi connectivity index (χ0n) is 13.0. The Labute approximate surface area is 138 Å². The number of sulfone groups is 1. The van der Waals surface area contributed by atoms with E-state index in [2.05, 4.69) is 34.1 Å². The average Bonchev–Trinajstić information content (AvgIpc) is 2.80. The summed E-state index contributed by atoms with van der Waals surface area (Å²) in [7, 11) is -3.27. The third kappa shape index (κ3) is 3.18. The maximum absolute atomic E-state index is 11.4. The van der Waals surface area contributed by atoms with Crippen molar-refractivity contribution in [3.63, 3.8) is 0 Å². The fraction of sp³-hybridized carbons (Fsp3) is 0.267. The van der Waals surface area contributed by atoms with Crippen LogP contribution in [0.4, 0.5) is 5.82 Å². The van der Waals surface area contributed by atoms with Crippen LogP contribution in [0.1, 0.15) is 16.0 Å². The lowest BCUT2D eigenvalue weighted by Crippen LogP contribution is -2.05. The van der Waals surface area contributed by atoms with Crippen LogP contribution in [0, 0.1) is 13.8 Å². The molecule has 0 spiro atoms. The van der Waals surface area contributed by atoms with E-state index in [-0.39, 0.29) is 5.03 Å². The van der Waals surface area contributed by atoms with Crippen molar-refractivity contribution in [1.82, 2.24) is 15.0 Å². The lowest BCUT2D eigenvalue weighted by Gasteiger charge is -2.07. The normalized spacial score (nSPS) is 11.8. The van der Waals surface area contributed by atoms with Gasteiger partial charge >= 0.3 is 0 Å². The molecule has 0 amide bonds. The van der Waals surface area contributed by atoms with Gasteiger partial charge in [0.2, 0.25) is 0 Å². The number of pyridine rings is 1. The minimum atomic E-state index is -3.27. The predicted octanol–water partition coefficient (Wildman–Crippen LogP) is 2.72. The molecule has 23 heavy (non-hydrogen) atoms. The van der Waals surface area contributed by atoms with Gasteiger partial charge in [-0.15, -0.1) is 11.3 Å². The largest absolute Gasteiger partial charge is 0.365 e. The molecule has 120 valence electrons. The molecule has 0 atom stereocenters. The van der Waals surface area contributed by atoms with Gasteiger partial charge in [0, 0.05) is 23.9 Å². The Hall–Kier alpha value is -2.06. The van der Waals surface area contributed by atoms with Crippen molar-refractivity contribution in [3.8, 4) is 0 Å². The second-order valence-corrected chi connectivity index (χ2v) is 8.48. The first-order valence-corrected chi connectivity index (χ1v) is 9.66. The summed E-state index contributed by atoms with van der Waals surface area (Å²) < 4.78 is 22.8. The van der Waals surface area contributed by atoms with Crippen molar-refractivity contribution in [3.05, 3.63) is 40.7 Å². The molecule has 0 aliphatic heterocycles. The summed E-state index contributed by atoms with van der Waals surface area (Å²) in [6, 6.07) is 3.27. The molecule has 1 N–H and O–H groups in total. The average molecular weight is 348 g/mol. The van der Waals surface area contributed by atoms with Crippen LogP contribution in [0.3, 0.4) is 0 Å². The second kappa shape index (κ2) is 5.86. The lowest BCUT2D eigenvalue weighted by molar-refractivity contribution is 0.598. The molecule has 3 rings (SSSR count). The smallest absolute Gasteiger partial charge is 0.192 e. The fourth-order valence-electron chi connectivity index (χ4n) is 2.24. The van der Waals surface area contributed by atoms with Crippen molar-refractivity contribution < 1.29 is 8.42 Å². The van der Waals surface area contributed by atoms with Crippen LogP contribution >= 0.6 is 11.3 Å². The van der Waals surface area contributed by atoms with Gasteiger partial charge in [0.15, 0.2) is 14.9 Å². The second-order valence-electron chi connectivity index (χ2n) is 5.32. The highest BCUT2D eigenvalue weighted by Gasteiger charge is 2.12. The number of thiophene rings is 1. The van der Waals surface area contributed by atoms with Crippen LogP contribution in [0.25, 0.3) is 10.2 Å². The van der Waals surface area contributed by atoms with E-state index in [1.807, 2.05) is 0 Å². The van der Waals surface area contributed by atoms with E-state index in [9.17, 15) is 8.42 Å². The van der Waals surface area contributed by atoms with Gasteiger partial charge < -0.3 is 5.32 Å². The molecule has 6 nitrogen and oxygen atoms in total. The molecule has 8 heteroatoms. The van der Waals surface area contributed by atoms with E-state index >= 15 is 0 Å². The summed E-state index contributed by atoms with van der Waals surface area (Å²) in [5.41, 5.74) is 2.06. The first kappa shape index (κ1) is 15.8. The molecule has 3 aromatic heterocycles. The summed E-state index contributed by atoms with van der Waals surface area (Å²) in [6.07, 6.45) is 4.26. The SMILES string of the molecule is Cc1sc2ncnc(NCc3ccc(S(C)(=O)=O)nc3)c2c1C. The first-order valence-electron chi connectivity index (χ1n) is 6.96. The predicted molar refractivity (Wildman–Crippen MR) is 91.6 cm³/mol. The minimum Gasteiger partial charge on any atom is -0.365 e. The molecule has 0 aliphatic carbocycles. The minimum absolute atomic E-state index is 0.0787. The van der Waals surface area contributed by atoms with Crippen LogP contribution in [0.5, 0.6) is 0 Å². The van der Waals surface area contributed by atoms with Crippen LogP contribution in [0.2, 0.25) is 0 Å². The van der Waals surface area contributed by atoms with Crippen molar-refractivity contribution in [1.29, 1.82) is 0 Å². The van der Waals surface area contributed by atoms with Crippen LogP contribution in [-0.2, 0) is 16.4 Å². The van der Waals surface area contributed by atoms with Gasteiger partial charge in [-0.1, -0.05) is 6.07 Å². The van der Waals surface area contributed by atoms with Gasteiger partial charge in [-0.3, -0.25) is 0 Å². The number of aryl methyl sites for hydroxylation is 2. The highest BCUT2D eigenvalue weighted by atomic mass is 32.2. The molecule has 0 fully saturated rings. The van der Waals surface area contributed by atoms with Crippen LogP contribution in [-0.4, -0.2) is 29.6 Å². The molecular formula is C15H16N4O2S2. The number of hydrogen-bond donors (Lipinski definition) is 1. The number of aromatic nitrogens is 3. The zero-order chi connectivity index (χ0) is 16.6. The quantitative estimate of drug-likeness (QED) is 0.780. The number of anilines is 1. The molecule has 0 unspecified atom stereocenters. The zero-order valence-corrected chi connectivity index (χ0v) is 14.6. The van der Waals surface area contributed by atoms with Crippen molar-refractivity contribution in [2.75, 3.05) is 11.6 Å². The number of hydrogen-bond acceptors (Lipinski definition) is 7. The Morgan fingerprint density at radius 3 is 2.61 bits per heavy atom. The van der Waals surface area contributed by atoms with Crippen molar-refractivity contribution in [2.24, 2.45) is 0 Å². The summed E-state index contributed by atoms with van der Waals surface area (Å²) in [5.74, 6) is 0.782. The molecule has 0 bridgehead atoms. The number of nitrogens with zero attached hydrogens (tertiary/aromatic N) is 3. The van der Waals surface area contributed by atoms with E-state index in [0.717, 1.165) is 27.9 Å². The van der Waals surface area contributed by atoms with E-state index in [0.29, 0.717) is 6.54 Å². The maximum Gasteiger partial charge on any atom is 0.192 e. The Kier molecular flexibility index (Phi) is 4.03. The van der Waals surface area contributed by atoms with Crippen LogP contribution < -0.4 is 5.32 Å². The van der Waals surface area contributed by atoms with Gasteiger partial charge in [-0.2, -0.15) is 0 Å². The molecule has 3 heterocycles. The molecule has 0 aliphatic rings. The molecule has 0 saturated carbocycles. The molecule has 0 aromatic carbocycles. The first-order chi connectivity index (χ1) is 10.9. The summed E-state index contributed by atoms with van der Waals surface area (Å²) >= 11 is 1.65. The number of fused-ring (bicyclic) bond motifs is 1. The van der Waals surface area contributed by atoms with Gasteiger partial charge in [0.05, 0.1) is 5.39 Å². The lowest BCUT2D eigenvalue weighted by atomic mass is 10.2. The van der Waals surface area contributed by atoms with E-state index in [4.69, 9.17) is 0 Å². The summed E-state index contributed by atoms with van der Waals surface area (Å²) in [4.78, 5) is 14.8. The Morgan fingerprint density at radius 2 is 1.96 bits per heavy atom. The van der Waals surface area contributed by atoms with Gasteiger partial charge in [0.1, 0.15) is 17.0 Å². The third-order valence-corrected chi connectivity index (χ3v) is 5.72. The molecule has 0 radical (unpaired) electrons. The standard InChI is InChI=1S/C15H16N4O2S2/c1-9-10(2)22-15-13(9)14(18-8-19-15)17-7-11-4-5-12(16-6-11)23(3,20)21/h4-6,8H,7H2,1-3H3,(H,17,18,19). The monoisotopic (exact) mass is 348 g/mol. The van der Waals surface area contributed by atoms with Crippen molar-refractivity contribution in [2.45, 2.75) is 25.4 Å². The van der Waals surface area contributed by atoms with Crippen LogP contribution in [0.15, 0.2) is 29.7 Å². The van der Waals surface area contributed by atoms with Gasteiger partial charge in [-0.25, -0.2) is 23.4 Å². The molecule has 3 aromatic rings. The Bertz CT molecular complexity index is 963. The van der Waals surface area contributed by atoms with Crippen molar-refractivity contribution >= 4 is 37.2 Å². The van der Waals surface area contributed by atoms with Gasteiger partial charge in [0.25, 0.3) is 0 Å². The van der Waals surface area contributed by atoms with E-state index < -0.39 is 9.84 Å². The maximum atomic E-state index is 11.4. The topological polar surface area (TPSA) is 84.8 Å². The Morgan fingerprint density at radius 1 is 1.17 bits per heavy atom. The Balaban J connectivity index is 1.84. The molecule has 0 saturated heterocycles. The highest BCUT2D eigenvalue weighted by Crippen LogP contribution is 2.32. The third-order valence-electron chi connectivity index (χ3n) is 3.60. The van der Waals surface area contributed by atoms with E-state index in [1.165, 1.54) is 16.5 Å². The molecular weight excluding hydrogens is 332 g/mol. The number of nitrogens with one attached hydrogen (secondary N) is 1. The fourth-order valence-corrected chi connectivity index (χ4v) is 3.79. The van der Waals surface area contributed by atoms with Gasteiger partial charge in [-0.05, 0) is 31.0 Å². The summed E-state index contributed by atoms with van der Waals surface area (Å²) in [5, 5.41) is 4.40.